The van der Waals surface area contributed by atoms with Crippen molar-refractivity contribution in [1.82, 2.24) is 0 Å². The third-order valence-corrected chi connectivity index (χ3v) is 4.94. The highest BCUT2D eigenvalue weighted by Crippen LogP contribution is 2.41. The second kappa shape index (κ2) is 5.35. The van der Waals surface area contributed by atoms with Crippen molar-refractivity contribution in [3.05, 3.63) is 91.0 Å². The van der Waals surface area contributed by atoms with Gasteiger partial charge in [-0.15, -0.1) is 0 Å². The third kappa shape index (κ3) is 2.10. The Labute approximate surface area is 145 Å². The molecule has 0 heterocycles. The minimum atomic E-state index is 0.323. The average Bonchev–Trinajstić information content (AvgIpc) is 2.67. The van der Waals surface area contributed by atoms with Gasteiger partial charge in [-0.05, 0) is 50.2 Å². The molecule has 0 bridgehead atoms. The zero-order valence-electron chi connectivity index (χ0n) is 13.6. The molecular formula is C24H16O. The van der Waals surface area contributed by atoms with Crippen LogP contribution in [0.3, 0.4) is 0 Å². The van der Waals surface area contributed by atoms with Crippen LogP contribution in [0, 0.1) is 0 Å². The maximum atomic E-state index is 10.3. The Morgan fingerprint density at radius 2 is 1.00 bits per heavy atom. The fourth-order valence-electron chi connectivity index (χ4n) is 3.81. The predicted molar refractivity (Wildman–Crippen MR) is 106 cm³/mol. The van der Waals surface area contributed by atoms with Crippen LogP contribution in [0.25, 0.3) is 43.4 Å². The fourth-order valence-corrected chi connectivity index (χ4v) is 3.81. The zero-order valence-corrected chi connectivity index (χ0v) is 13.6. The molecule has 0 aliphatic heterocycles. The number of hydrogen-bond acceptors (Lipinski definition) is 1. The summed E-state index contributed by atoms with van der Waals surface area (Å²) in [5, 5.41) is 17.2. The molecule has 25 heavy (non-hydrogen) atoms. The molecule has 0 spiro atoms. The summed E-state index contributed by atoms with van der Waals surface area (Å²) < 4.78 is 0. The van der Waals surface area contributed by atoms with Gasteiger partial charge in [-0.1, -0.05) is 78.9 Å². The highest BCUT2D eigenvalue weighted by Gasteiger charge is 2.13. The monoisotopic (exact) mass is 320 g/mol. The normalized spacial score (nSPS) is 11.4. The van der Waals surface area contributed by atoms with Gasteiger partial charge in [-0.25, -0.2) is 0 Å². The largest absolute Gasteiger partial charge is 0.507 e. The Morgan fingerprint density at radius 1 is 0.480 bits per heavy atom. The van der Waals surface area contributed by atoms with E-state index in [2.05, 4.69) is 60.7 Å². The molecule has 118 valence electrons. The topological polar surface area (TPSA) is 20.2 Å². The van der Waals surface area contributed by atoms with Crippen LogP contribution in [0.1, 0.15) is 0 Å². The lowest BCUT2D eigenvalue weighted by molar-refractivity contribution is 0.481. The van der Waals surface area contributed by atoms with E-state index in [9.17, 15) is 5.11 Å². The molecule has 1 heteroatoms. The number of phenols is 1. The molecule has 1 nitrogen and oxygen atoms in total. The summed E-state index contributed by atoms with van der Waals surface area (Å²) >= 11 is 0. The van der Waals surface area contributed by atoms with Crippen LogP contribution >= 0.6 is 0 Å². The summed E-state index contributed by atoms with van der Waals surface area (Å²) in [6, 6.07) is 31.1. The van der Waals surface area contributed by atoms with Crippen molar-refractivity contribution in [3.8, 4) is 16.9 Å². The van der Waals surface area contributed by atoms with Crippen molar-refractivity contribution < 1.29 is 5.11 Å². The van der Waals surface area contributed by atoms with E-state index in [1.165, 1.54) is 27.1 Å². The van der Waals surface area contributed by atoms with Gasteiger partial charge >= 0.3 is 0 Å². The van der Waals surface area contributed by atoms with Gasteiger partial charge in [0, 0.05) is 5.39 Å². The van der Waals surface area contributed by atoms with Gasteiger partial charge in [0.25, 0.3) is 0 Å². The lowest BCUT2D eigenvalue weighted by Gasteiger charge is -2.14. The Kier molecular flexibility index (Phi) is 3.01. The number of rotatable bonds is 1. The maximum Gasteiger partial charge on any atom is 0.123 e. The van der Waals surface area contributed by atoms with Crippen molar-refractivity contribution in [2.75, 3.05) is 0 Å². The average molecular weight is 320 g/mol. The Balaban J connectivity index is 2.03. The molecule has 0 saturated carbocycles. The van der Waals surface area contributed by atoms with Crippen LogP contribution in [0.5, 0.6) is 5.75 Å². The Bertz CT molecular complexity index is 1200. The molecule has 0 aliphatic carbocycles. The van der Waals surface area contributed by atoms with E-state index in [-0.39, 0.29) is 0 Å². The lowest BCUT2D eigenvalue weighted by atomic mass is 9.89. The van der Waals surface area contributed by atoms with Gasteiger partial charge in [0.05, 0.1) is 0 Å². The lowest BCUT2D eigenvalue weighted by Crippen LogP contribution is -1.87. The van der Waals surface area contributed by atoms with Crippen LogP contribution in [-0.2, 0) is 0 Å². The minimum Gasteiger partial charge on any atom is -0.507 e. The molecule has 0 aliphatic rings. The van der Waals surface area contributed by atoms with Gasteiger partial charge in [-0.3, -0.25) is 0 Å². The Morgan fingerprint density at radius 3 is 1.64 bits per heavy atom. The summed E-state index contributed by atoms with van der Waals surface area (Å²) in [5.41, 5.74) is 2.38. The standard InChI is InChI=1S/C24H16O/c25-23-14-13-22(20-11-5-6-12-21(20)23)24-18-9-3-1-7-16(18)15-17-8-2-4-10-19(17)24/h1-15,25H. The van der Waals surface area contributed by atoms with E-state index >= 15 is 0 Å². The van der Waals surface area contributed by atoms with Gasteiger partial charge in [0.1, 0.15) is 5.75 Å². The number of fused-ring (bicyclic) bond motifs is 3. The summed E-state index contributed by atoms with van der Waals surface area (Å²) in [6.07, 6.45) is 0. The van der Waals surface area contributed by atoms with E-state index in [1.807, 2.05) is 24.3 Å². The van der Waals surface area contributed by atoms with Crippen LogP contribution < -0.4 is 0 Å². The smallest absolute Gasteiger partial charge is 0.123 e. The van der Waals surface area contributed by atoms with E-state index < -0.39 is 0 Å². The molecule has 0 amide bonds. The van der Waals surface area contributed by atoms with Crippen LogP contribution in [0.15, 0.2) is 91.0 Å². The quantitative estimate of drug-likeness (QED) is 0.349. The molecule has 5 rings (SSSR count). The van der Waals surface area contributed by atoms with Crippen molar-refractivity contribution in [2.24, 2.45) is 0 Å². The third-order valence-electron chi connectivity index (χ3n) is 4.94. The molecule has 5 aromatic carbocycles. The first-order valence-corrected chi connectivity index (χ1v) is 8.44. The number of phenolic OH excluding ortho intramolecular Hbond substituents is 1. The second-order valence-corrected chi connectivity index (χ2v) is 6.37. The van der Waals surface area contributed by atoms with Crippen LogP contribution in [-0.4, -0.2) is 5.11 Å². The van der Waals surface area contributed by atoms with Gasteiger partial charge in [-0.2, -0.15) is 0 Å². The molecule has 1 N–H and O–H groups in total. The highest BCUT2D eigenvalue weighted by atomic mass is 16.3. The van der Waals surface area contributed by atoms with E-state index in [4.69, 9.17) is 0 Å². The van der Waals surface area contributed by atoms with Crippen LogP contribution in [0.2, 0.25) is 0 Å². The molecule has 0 atom stereocenters. The first kappa shape index (κ1) is 14.1. The van der Waals surface area contributed by atoms with Crippen molar-refractivity contribution >= 4 is 32.3 Å². The van der Waals surface area contributed by atoms with Gasteiger partial charge in [0.15, 0.2) is 0 Å². The maximum absolute atomic E-state index is 10.3. The molecule has 0 unspecified atom stereocenters. The molecule has 0 radical (unpaired) electrons. The number of hydrogen-bond donors (Lipinski definition) is 1. The summed E-state index contributed by atoms with van der Waals surface area (Å²) in [6.45, 7) is 0. The molecular weight excluding hydrogens is 304 g/mol. The zero-order chi connectivity index (χ0) is 16.8. The SMILES string of the molecule is Oc1ccc(-c2c3ccccc3cc3ccccc23)c2ccccc12. The molecule has 0 fully saturated rings. The second-order valence-electron chi connectivity index (χ2n) is 6.37. The van der Waals surface area contributed by atoms with Crippen molar-refractivity contribution in [1.29, 1.82) is 0 Å². The van der Waals surface area contributed by atoms with E-state index in [1.54, 1.807) is 6.07 Å². The van der Waals surface area contributed by atoms with Gasteiger partial charge in [0.2, 0.25) is 0 Å². The predicted octanol–water partition coefficient (Wildman–Crippen LogP) is 6.52. The summed E-state index contributed by atoms with van der Waals surface area (Å²) in [7, 11) is 0. The number of aromatic hydroxyl groups is 1. The first-order chi connectivity index (χ1) is 12.3. The number of benzene rings is 5. The van der Waals surface area contributed by atoms with Crippen LogP contribution in [0.4, 0.5) is 0 Å². The molecule has 5 aromatic rings. The fraction of sp³-hybridized carbons (Fsp3) is 0. The summed E-state index contributed by atoms with van der Waals surface area (Å²) in [5.74, 6) is 0.323. The van der Waals surface area contributed by atoms with Crippen molar-refractivity contribution in [2.45, 2.75) is 0 Å². The van der Waals surface area contributed by atoms with E-state index in [0.29, 0.717) is 5.75 Å². The molecule has 0 saturated heterocycles. The molecule has 0 aromatic heterocycles. The highest BCUT2D eigenvalue weighted by molar-refractivity contribution is 6.17. The summed E-state index contributed by atoms with van der Waals surface area (Å²) in [4.78, 5) is 0. The van der Waals surface area contributed by atoms with E-state index in [0.717, 1.165) is 16.3 Å². The van der Waals surface area contributed by atoms with Gasteiger partial charge < -0.3 is 5.11 Å². The Hall–Kier alpha value is -3.32. The minimum absolute atomic E-state index is 0.323. The first-order valence-electron chi connectivity index (χ1n) is 8.44. The van der Waals surface area contributed by atoms with Crippen molar-refractivity contribution in [3.63, 3.8) is 0 Å².